The van der Waals surface area contributed by atoms with Gasteiger partial charge in [0.05, 0.1) is 27.9 Å². The lowest BCUT2D eigenvalue weighted by Crippen LogP contribution is -2.25. The van der Waals surface area contributed by atoms with Crippen LogP contribution >= 0.6 is 11.3 Å². The summed E-state index contributed by atoms with van der Waals surface area (Å²) in [6, 6.07) is 3.52. The van der Waals surface area contributed by atoms with Gasteiger partial charge in [-0.3, -0.25) is 10.4 Å². The average molecular weight is 367 g/mol. The third-order valence-corrected chi connectivity index (χ3v) is 4.05. The Morgan fingerprint density at radius 3 is 2.40 bits per heavy atom. The number of ether oxygens (including phenoxy) is 4. The van der Waals surface area contributed by atoms with E-state index in [2.05, 4.69) is 10.4 Å². The minimum absolute atomic E-state index is 0.266. The number of esters is 1. The van der Waals surface area contributed by atoms with Crippen molar-refractivity contribution in [3.05, 3.63) is 23.2 Å². The predicted molar refractivity (Wildman–Crippen MR) is 96.2 cm³/mol. The van der Waals surface area contributed by atoms with E-state index in [9.17, 15) is 4.79 Å². The number of nitrogens with zero attached hydrogens (tertiary/aromatic N) is 2. The molecular weight excluding hydrogens is 346 g/mol. The molecule has 0 bridgehead atoms. The fourth-order valence-corrected chi connectivity index (χ4v) is 2.82. The summed E-state index contributed by atoms with van der Waals surface area (Å²) in [5, 5.41) is 3.90. The molecule has 1 aromatic carbocycles. The van der Waals surface area contributed by atoms with E-state index in [-0.39, 0.29) is 5.69 Å². The molecule has 1 N–H and O–H groups in total. The number of hydrogen-bond acceptors (Lipinski definition) is 9. The van der Waals surface area contributed by atoms with Crippen LogP contribution in [-0.4, -0.2) is 45.9 Å². The summed E-state index contributed by atoms with van der Waals surface area (Å²) in [4.78, 5) is 15.9. The van der Waals surface area contributed by atoms with Crippen molar-refractivity contribution in [3.8, 4) is 17.2 Å². The molecule has 0 radical (unpaired) electrons. The number of rotatable bonds is 8. The van der Waals surface area contributed by atoms with Crippen molar-refractivity contribution >= 4 is 28.1 Å². The maximum atomic E-state index is 11.7. The van der Waals surface area contributed by atoms with E-state index in [0.717, 1.165) is 0 Å². The van der Waals surface area contributed by atoms with Crippen LogP contribution < -0.4 is 24.6 Å². The first-order valence-corrected chi connectivity index (χ1v) is 8.35. The lowest BCUT2D eigenvalue weighted by atomic mass is 10.2. The molecule has 1 heterocycles. The van der Waals surface area contributed by atoms with Crippen molar-refractivity contribution < 1.29 is 23.7 Å². The van der Waals surface area contributed by atoms with Crippen LogP contribution in [0.5, 0.6) is 17.2 Å². The van der Waals surface area contributed by atoms with E-state index < -0.39 is 5.97 Å². The Labute approximate surface area is 150 Å². The van der Waals surface area contributed by atoms with Crippen LogP contribution in [0.25, 0.3) is 0 Å². The number of carbonyl (C=O) groups excluding carboxylic acids is 1. The summed E-state index contributed by atoms with van der Waals surface area (Å²) in [6.07, 6.45) is 0. The van der Waals surface area contributed by atoms with E-state index in [1.807, 2.05) is 0 Å². The Balaban J connectivity index is 2.23. The Morgan fingerprint density at radius 2 is 1.80 bits per heavy atom. The molecule has 0 aliphatic rings. The minimum atomic E-state index is -0.446. The van der Waals surface area contributed by atoms with Crippen molar-refractivity contribution in [2.45, 2.75) is 6.92 Å². The normalized spacial score (nSPS) is 10.1. The molecule has 2 aromatic rings. The van der Waals surface area contributed by atoms with Gasteiger partial charge < -0.3 is 18.9 Å². The molecule has 8 nitrogen and oxygen atoms in total. The molecule has 1 aromatic heterocycles. The number of thiazole rings is 1. The van der Waals surface area contributed by atoms with Gasteiger partial charge in [0.25, 0.3) is 0 Å². The second kappa shape index (κ2) is 8.43. The number of carbonyl (C=O) groups is 1. The van der Waals surface area contributed by atoms with Crippen molar-refractivity contribution in [1.29, 1.82) is 0 Å². The van der Waals surface area contributed by atoms with Crippen LogP contribution in [0.1, 0.15) is 17.4 Å². The monoisotopic (exact) mass is 367 g/mol. The summed E-state index contributed by atoms with van der Waals surface area (Å²) in [6.45, 7) is 2.06. The lowest BCUT2D eigenvalue weighted by Gasteiger charge is -2.23. The van der Waals surface area contributed by atoms with Gasteiger partial charge in [-0.15, -0.1) is 11.3 Å². The predicted octanol–water partition coefficient (Wildman–Crippen LogP) is 2.81. The average Bonchev–Trinajstić information content (AvgIpc) is 3.09. The zero-order valence-electron chi connectivity index (χ0n) is 14.8. The van der Waals surface area contributed by atoms with Gasteiger partial charge in [0.15, 0.2) is 17.2 Å². The molecule has 0 saturated heterocycles. The van der Waals surface area contributed by atoms with Gasteiger partial charge in [-0.25, -0.2) is 9.78 Å². The van der Waals surface area contributed by atoms with Gasteiger partial charge in [0, 0.05) is 24.6 Å². The Kier molecular flexibility index (Phi) is 6.29. The Bertz CT molecular complexity index is 735. The van der Waals surface area contributed by atoms with Crippen molar-refractivity contribution in [2.24, 2.45) is 0 Å². The van der Waals surface area contributed by atoms with Crippen LogP contribution in [0.4, 0.5) is 10.8 Å². The molecule has 0 saturated carbocycles. The SMILES string of the molecule is CCOC(=O)c1csc(NN(C)c2cc(OC)c(OC)cc2OC)n1. The van der Waals surface area contributed by atoms with Gasteiger partial charge in [0.1, 0.15) is 11.4 Å². The second-order valence-electron chi connectivity index (χ2n) is 4.81. The minimum Gasteiger partial charge on any atom is -0.494 e. The molecule has 2 rings (SSSR count). The molecule has 0 aliphatic heterocycles. The summed E-state index contributed by atoms with van der Waals surface area (Å²) < 4.78 is 21.0. The highest BCUT2D eigenvalue weighted by atomic mass is 32.1. The van der Waals surface area contributed by atoms with Crippen molar-refractivity contribution in [1.82, 2.24) is 4.98 Å². The third kappa shape index (κ3) is 4.24. The molecule has 0 fully saturated rings. The topological polar surface area (TPSA) is 82.2 Å². The highest BCUT2D eigenvalue weighted by Gasteiger charge is 2.17. The van der Waals surface area contributed by atoms with E-state index >= 15 is 0 Å². The molecule has 0 atom stereocenters. The highest BCUT2D eigenvalue weighted by Crippen LogP contribution is 2.39. The fraction of sp³-hybridized carbons (Fsp3) is 0.375. The van der Waals surface area contributed by atoms with Crippen LogP contribution in [0.2, 0.25) is 0 Å². The van der Waals surface area contributed by atoms with Gasteiger partial charge in [-0.1, -0.05) is 0 Å². The number of aromatic nitrogens is 1. The number of methoxy groups -OCH3 is 3. The molecule has 0 spiro atoms. The number of anilines is 2. The van der Waals surface area contributed by atoms with Gasteiger partial charge in [-0.2, -0.15) is 0 Å². The highest BCUT2D eigenvalue weighted by molar-refractivity contribution is 7.13. The molecule has 25 heavy (non-hydrogen) atoms. The van der Waals surface area contributed by atoms with Crippen LogP contribution in [-0.2, 0) is 4.74 Å². The first kappa shape index (κ1) is 18.7. The Morgan fingerprint density at radius 1 is 1.16 bits per heavy atom. The van der Waals surface area contributed by atoms with E-state index in [1.54, 1.807) is 57.8 Å². The van der Waals surface area contributed by atoms with E-state index in [0.29, 0.717) is 34.7 Å². The van der Waals surface area contributed by atoms with Gasteiger partial charge >= 0.3 is 5.97 Å². The number of benzene rings is 1. The summed E-state index contributed by atoms with van der Waals surface area (Å²) in [7, 11) is 6.50. The van der Waals surface area contributed by atoms with Gasteiger partial charge in [-0.05, 0) is 6.92 Å². The standard InChI is InChI=1S/C16H21N3O5S/c1-6-24-15(20)10-9-25-16(17-10)18-19(2)11-7-13(22-4)14(23-5)8-12(11)21-3/h7-9H,6H2,1-5H3,(H,17,18). The van der Waals surface area contributed by atoms with E-state index in [4.69, 9.17) is 18.9 Å². The van der Waals surface area contributed by atoms with Crippen LogP contribution in [0, 0.1) is 0 Å². The van der Waals surface area contributed by atoms with E-state index in [1.165, 1.54) is 11.3 Å². The zero-order chi connectivity index (χ0) is 18.4. The van der Waals surface area contributed by atoms with Gasteiger partial charge in [0.2, 0.25) is 5.13 Å². The summed E-state index contributed by atoms with van der Waals surface area (Å²) >= 11 is 1.30. The molecule has 0 unspecified atom stereocenters. The first-order chi connectivity index (χ1) is 12.0. The number of nitrogens with one attached hydrogen (secondary N) is 1. The second-order valence-corrected chi connectivity index (χ2v) is 5.67. The molecule has 136 valence electrons. The molecular formula is C16H21N3O5S. The number of hydrazine groups is 1. The maximum absolute atomic E-state index is 11.7. The third-order valence-electron chi connectivity index (χ3n) is 3.30. The maximum Gasteiger partial charge on any atom is 0.357 e. The van der Waals surface area contributed by atoms with Crippen molar-refractivity contribution in [3.63, 3.8) is 0 Å². The van der Waals surface area contributed by atoms with Crippen molar-refractivity contribution in [2.75, 3.05) is 45.4 Å². The van der Waals surface area contributed by atoms with Crippen LogP contribution in [0.3, 0.4) is 0 Å². The lowest BCUT2D eigenvalue weighted by molar-refractivity contribution is 0.0520. The smallest absolute Gasteiger partial charge is 0.357 e. The largest absolute Gasteiger partial charge is 0.494 e. The molecule has 0 amide bonds. The summed E-state index contributed by atoms with van der Waals surface area (Å²) in [5.41, 5.74) is 4.08. The molecule has 0 aliphatic carbocycles. The fourth-order valence-electron chi connectivity index (χ4n) is 2.10. The molecule has 9 heteroatoms. The zero-order valence-corrected chi connectivity index (χ0v) is 15.6. The Hall–Kier alpha value is -2.68. The van der Waals surface area contributed by atoms with Crippen LogP contribution in [0.15, 0.2) is 17.5 Å². The summed E-state index contributed by atoms with van der Waals surface area (Å²) in [5.74, 6) is 1.28. The first-order valence-electron chi connectivity index (χ1n) is 7.47. The quantitative estimate of drug-likeness (QED) is 0.563. The number of hydrogen-bond donors (Lipinski definition) is 1.